The van der Waals surface area contributed by atoms with E-state index in [2.05, 4.69) is 15.2 Å². The summed E-state index contributed by atoms with van der Waals surface area (Å²) in [5, 5.41) is 6.17. The molecule has 2 N–H and O–H groups in total. The van der Waals surface area contributed by atoms with E-state index in [1.54, 1.807) is 18.2 Å². The molecule has 0 atom stereocenters. The Morgan fingerprint density at radius 1 is 1.20 bits per heavy atom. The van der Waals surface area contributed by atoms with Crippen molar-refractivity contribution in [2.75, 3.05) is 26.1 Å². The van der Waals surface area contributed by atoms with Gasteiger partial charge in [-0.25, -0.2) is 13.1 Å². The van der Waals surface area contributed by atoms with E-state index in [-0.39, 0.29) is 16.3 Å². The van der Waals surface area contributed by atoms with Gasteiger partial charge in [0.25, 0.3) is 0 Å². The Labute approximate surface area is 145 Å². The van der Waals surface area contributed by atoms with Crippen molar-refractivity contribution in [3.05, 3.63) is 29.7 Å². The highest BCUT2D eigenvalue weighted by Gasteiger charge is 2.24. The van der Waals surface area contributed by atoms with Crippen LogP contribution in [0.2, 0.25) is 0 Å². The lowest BCUT2D eigenvalue weighted by molar-refractivity contribution is -0.115. The van der Waals surface area contributed by atoms with Crippen molar-refractivity contribution in [2.24, 2.45) is 0 Å². The van der Waals surface area contributed by atoms with Gasteiger partial charge in [0.15, 0.2) is 17.3 Å². The van der Waals surface area contributed by atoms with E-state index in [4.69, 9.17) is 14.0 Å². The maximum absolute atomic E-state index is 12.2. The summed E-state index contributed by atoms with van der Waals surface area (Å²) >= 11 is 0. The number of benzene rings is 1. The molecule has 1 heterocycles. The van der Waals surface area contributed by atoms with E-state index in [1.165, 1.54) is 28.1 Å². The molecule has 0 unspecified atom stereocenters. The molecule has 1 aromatic carbocycles. The van der Waals surface area contributed by atoms with Gasteiger partial charge in [0.05, 0.1) is 20.8 Å². The molecular formula is C15H19N3O6S. The van der Waals surface area contributed by atoms with Crippen molar-refractivity contribution in [1.29, 1.82) is 0 Å². The van der Waals surface area contributed by atoms with Crippen LogP contribution in [-0.2, 0) is 14.8 Å². The Hall–Kier alpha value is -2.59. The van der Waals surface area contributed by atoms with E-state index in [0.29, 0.717) is 17.2 Å². The first kappa shape index (κ1) is 18.7. The van der Waals surface area contributed by atoms with Gasteiger partial charge in [-0.05, 0) is 26.0 Å². The number of methoxy groups -OCH3 is 2. The largest absolute Gasteiger partial charge is 0.493 e. The highest BCUT2D eigenvalue weighted by molar-refractivity contribution is 7.89. The van der Waals surface area contributed by atoms with Crippen molar-refractivity contribution in [1.82, 2.24) is 9.88 Å². The lowest BCUT2D eigenvalue weighted by Crippen LogP contribution is -2.33. The zero-order valence-corrected chi connectivity index (χ0v) is 15.1. The molecule has 2 aromatic rings. The molecule has 0 saturated carbocycles. The lowest BCUT2D eigenvalue weighted by Gasteiger charge is -2.11. The van der Waals surface area contributed by atoms with Crippen LogP contribution in [0.3, 0.4) is 0 Å². The molecule has 25 heavy (non-hydrogen) atoms. The fourth-order valence-corrected chi connectivity index (χ4v) is 3.52. The van der Waals surface area contributed by atoms with Gasteiger partial charge in [-0.2, -0.15) is 0 Å². The standard InChI is InChI=1S/C15H19N3O6S/c1-9-15(10(2)24-18-9)25(20,21)16-8-14(19)17-11-5-6-12(22-3)13(7-11)23-4/h5-7,16H,8H2,1-4H3,(H,17,19). The average molecular weight is 369 g/mol. The Balaban J connectivity index is 2.04. The summed E-state index contributed by atoms with van der Waals surface area (Å²) < 4.78 is 41.8. The van der Waals surface area contributed by atoms with Gasteiger partial charge in [-0.3, -0.25) is 4.79 Å². The van der Waals surface area contributed by atoms with Crippen LogP contribution in [0.15, 0.2) is 27.6 Å². The van der Waals surface area contributed by atoms with Gasteiger partial charge in [-0.15, -0.1) is 0 Å². The van der Waals surface area contributed by atoms with Crippen molar-refractivity contribution < 1.29 is 27.2 Å². The maximum Gasteiger partial charge on any atom is 0.246 e. The molecule has 1 aromatic heterocycles. The minimum absolute atomic E-state index is 0.0635. The first-order chi connectivity index (χ1) is 11.8. The quantitative estimate of drug-likeness (QED) is 0.753. The van der Waals surface area contributed by atoms with Crippen molar-refractivity contribution in [3.8, 4) is 11.5 Å². The summed E-state index contributed by atoms with van der Waals surface area (Å²) in [5.74, 6) is 0.573. The van der Waals surface area contributed by atoms with Crippen LogP contribution in [0, 0.1) is 13.8 Å². The van der Waals surface area contributed by atoms with Crippen LogP contribution in [0.4, 0.5) is 5.69 Å². The van der Waals surface area contributed by atoms with Gasteiger partial charge in [0.2, 0.25) is 15.9 Å². The third kappa shape index (κ3) is 4.28. The molecule has 0 aliphatic rings. The van der Waals surface area contributed by atoms with E-state index >= 15 is 0 Å². The Kier molecular flexibility index (Phi) is 5.65. The Morgan fingerprint density at radius 3 is 2.44 bits per heavy atom. The summed E-state index contributed by atoms with van der Waals surface area (Å²) in [7, 11) is -0.928. The smallest absolute Gasteiger partial charge is 0.246 e. The van der Waals surface area contributed by atoms with Crippen molar-refractivity contribution in [2.45, 2.75) is 18.7 Å². The second kappa shape index (κ2) is 7.53. The molecular weight excluding hydrogens is 350 g/mol. The van der Waals surface area contributed by atoms with E-state index in [0.717, 1.165) is 0 Å². The molecule has 1 amide bonds. The number of carbonyl (C=O) groups is 1. The summed E-state index contributed by atoms with van der Waals surface area (Å²) in [4.78, 5) is 11.9. The molecule has 0 spiro atoms. The maximum atomic E-state index is 12.2. The minimum Gasteiger partial charge on any atom is -0.493 e. The van der Waals surface area contributed by atoms with Gasteiger partial charge in [-0.1, -0.05) is 5.16 Å². The number of rotatable bonds is 7. The normalized spacial score (nSPS) is 11.2. The molecule has 0 radical (unpaired) electrons. The lowest BCUT2D eigenvalue weighted by atomic mass is 10.2. The minimum atomic E-state index is -3.90. The van der Waals surface area contributed by atoms with Crippen LogP contribution in [0.5, 0.6) is 11.5 Å². The van der Waals surface area contributed by atoms with Crippen LogP contribution < -0.4 is 19.5 Å². The fourth-order valence-electron chi connectivity index (χ4n) is 2.21. The summed E-state index contributed by atoms with van der Waals surface area (Å²) in [6.45, 7) is 2.55. The number of nitrogens with zero attached hydrogens (tertiary/aromatic N) is 1. The van der Waals surface area contributed by atoms with Crippen LogP contribution in [-0.4, -0.2) is 40.2 Å². The summed E-state index contributed by atoms with van der Waals surface area (Å²) in [5.41, 5.74) is 0.671. The van der Waals surface area contributed by atoms with Gasteiger partial charge >= 0.3 is 0 Å². The third-order valence-electron chi connectivity index (χ3n) is 3.33. The SMILES string of the molecule is COc1ccc(NC(=O)CNS(=O)(=O)c2c(C)noc2C)cc1OC. The topological polar surface area (TPSA) is 120 Å². The summed E-state index contributed by atoms with van der Waals surface area (Å²) in [6, 6.07) is 4.81. The monoisotopic (exact) mass is 369 g/mol. The molecule has 136 valence electrons. The van der Waals surface area contributed by atoms with Gasteiger partial charge in [0, 0.05) is 11.8 Å². The highest BCUT2D eigenvalue weighted by atomic mass is 32.2. The Bertz CT molecular complexity index is 856. The summed E-state index contributed by atoms with van der Waals surface area (Å²) in [6.07, 6.45) is 0. The Morgan fingerprint density at radius 2 is 1.88 bits per heavy atom. The first-order valence-electron chi connectivity index (χ1n) is 7.23. The van der Waals surface area contributed by atoms with Crippen LogP contribution in [0.1, 0.15) is 11.5 Å². The molecule has 0 fully saturated rings. The first-order valence-corrected chi connectivity index (χ1v) is 8.71. The molecule has 2 rings (SSSR count). The second-order valence-electron chi connectivity index (χ2n) is 5.10. The van der Waals surface area contributed by atoms with Gasteiger partial charge in [0.1, 0.15) is 10.6 Å². The molecule has 0 aliphatic carbocycles. The number of aryl methyl sites for hydroxylation is 2. The van der Waals surface area contributed by atoms with Crippen molar-refractivity contribution >= 4 is 21.6 Å². The fraction of sp³-hybridized carbons (Fsp3) is 0.333. The number of nitrogens with one attached hydrogen (secondary N) is 2. The molecule has 9 nitrogen and oxygen atoms in total. The van der Waals surface area contributed by atoms with E-state index in [9.17, 15) is 13.2 Å². The van der Waals surface area contributed by atoms with Crippen molar-refractivity contribution in [3.63, 3.8) is 0 Å². The number of amides is 1. The zero-order chi connectivity index (χ0) is 18.6. The number of sulfonamides is 1. The predicted molar refractivity (Wildman–Crippen MR) is 89.3 cm³/mol. The highest BCUT2D eigenvalue weighted by Crippen LogP contribution is 2.29. The number of aromatic nitrogens is 1. The third-order valence-corrected chi connectivity index (χ3v) is 4.97. The van der Waals surface area contributed by atoms with Crippen LogP contribution >= 0.6 is 0 Å². The number of hydrogen-bond acceptors (Lipinski definition) is 7. The molecule has 10 heteroatoms. The second-order valence-corrected chi connectivity index (χ2v) is 6.80. The number of carbonyl (C=O) groups excluding carboxylic acids is 1. The zero-order valence-electron chi connectivity index (χ0n) is 14.2. The average Bonchev–Trinajstić information content (AvgIpc) is 2.92. The van der Waals surface area contributed by atoms with E-state index < -0.39 is 22.5 Å². The molecule has 0 bridgehead atoms. The molecule has 0 saturated heterocycles. The number of ether oxygens (including phenoxy) is 2. The molecule has 0 aliphatic heterocycles. The van der Waals surface area contributed by atoms with Gasteiger partial charge < -0.3 is 19.3 Å². The predicted octanol–water partition coefficient (Wildman–Crippen LogP) is 1.23. The number of hydrogen-bond donors (Lipinski definition) is 2. The van der Waals surface area contributed by atoms with E-state index in [1.807, 2.05) is 0 Å². The number of anilines is 1. The van der Waals surface area contributed by atoms with Crippen LogP contribution in [0.25, 0.3) is 0 Å².